The van der Waals surface area contributed by atoms with Gasteiger partial charge in [-0.1, -0.05) is 90.5 Å². The van der Waals surface area contributed by atoms with Gasteiger partial charge in [0, 0.05) is 21.4 Å². The van der Waals surface area contributed by atoms with Crippen LogP contribution in [0.1, 0.15) is 66.2 Å². The SMILES string of the molecule is CC(C)(O)c1ccccc1CC[C@@H](SCC1(COC=O)CC1)c1cccc(C=Cc2ccc3ccc(Cl)cc3c2)c1. The number of carbonyl (C=O) groups excluding carboxylic acids is 1. The summed E-state index contributed by atoms with van der Waals surface area (Å²) in [6.07, 6.45) is 8.33. The summed E-state index contributed by atoms with van der Waals surface area (Å²) >= 11 is 8.17. The number of aryl methyl sites for hydroxylation is 1. The molecular formula is C36H37ClO3S. The Hall–Kier alpha value is -3.05. The normalized spacial score (nSPS) is 15.2. The topological polar surface area (TPSA) is 46.5 Å². The summed E-state index contributed by atoms with van der Waals surface area (Å²) in [5.74, 6) is 0.957. The predicted octanol–water partition coefficient (Wildman–Crippen LogP) is 9.25. The minimum Gasteiger partial charge on any atom is -0.467 e. The number of ether oxygens (including phenoxy) is 1. The monoisotopic (exact) mass is 584 g/mol. The van der Waals surface area contributed by atoms with Crippen LogP contribution in [0, 0.1) is 5.41 Å². The molecule has 1 atom stereocenters. The molecule has 4 aromatic rings. The fraction of sp³-hybridized carbons (Fsp3) is 0.306. The number of benzene rings is 4. The van der Waals surface area contributed by atoms with E-state index in [1.807, 2.05) is 55.9 Å². The van der Waals surface area contributed by atoms with Gasteiger partial charge in [-0.05, 0) is 96.3 Å². The number of aliphatic hydroxyl groups is 1. The van der Waals surface area contributed by atoms with Crippen molar-refractivity contribution in [3.63, 3.8) is 0 Å². The van der Waals surface area contributed by atoms with Crippen molar-refractivity contribution in [2.24, 2.45) is 5.41 Å². The third-order valence-electron chi connectivity index (χ3n) is 7.93. The van der Waals surface area contributed by atoms with Crippen LogP contribution >= 0.6 is 23.4 Å². The minimum absolute atomic E-state index is 0.102. The van der Waals surface area contributed by atoms with Gasteiger partial charge in [0.05, 0.1) is 12.2 Å². The van der Waals surface area contributed by atoms with Crippen molar-refractivity contribution in [1.82, 2.24) is 0 Å². The molecule has 0 aromatic heterocycles. The molecule has 5 rings (SSSR count). The van der Waals surface area contributed by atoms with E-state index in [4.69, 9.17) is 16.3 Å². The van der Waals surface area contributed by atoms with E-state index >= 15 is 0 Å². The summed E-state index contributed by atoms with van der Waals surface area (Å²) in [4.78, 5) is 10.8. The van der Waals surface area contributed by atoms with Gasteiger partial charge < -0.3 is 9.84 Å². The highest BCUT2D eigenvalue weighted by Crippen LogP contribution is 2.51. The smallest absolute Gasteiger partial charge is 0.293 e. The van der Waals surface area contributed by atoms with Crippen molar-refractivity contribution in [3.8, 4) is 0 Å². The standard InChI is InChI=1S/C36H37ClO3S/c1-35(2,39)33-9-4-3-7-29(33)15-17-34(41-24-36(18-19-36)23-40-25-38)30-8-5-6-26(20-30)10-11-27-12-13-28-14-16-32(37)22-31(28)21-27/h3-14,16,20-22,25,34,39H,15,17-19,23-24H2,1-2H3/t34-/m1/s1. The van der Waals surface area contributed by atoms with E-state index in [0.717, 1.165) is 58.5 Å². The summed E-state index contributed by atoms with van der Waals surface area (Å²) < 4.78 is 5.17. The molecule has 1 aliphatic carbocycles. The molecule has 0 spiro atoms. The van der Waals surface area contributed by atoms with E-state index in [1.165, 1.54) is 16.5 Å². The van der Waals surface area contributed by atoms with E-state index in [1.54, 1.807) is 0 Å². The zero-order valence-electron chi connectivity index (χ0n) is 23.7. The van der Waals surface area contributed by atoms with Gasteiger partial charge in [-0.3, -0.25) is 4.79 Å². The number of rotatable bonds is 13. The molecule has 0 saturated heterocycles. The molecule has 41 heavy (non-hydrogen) atoms. The number of fused-ring (bicyclic) bond motifs is 1. The molecule has 0 radical (unpaired) electrons. The highest BCUT2D eigenvalue weighted by Gasteiger charge is 2.43. The van der Waals surface area contributed by atoms with Gasteiger partial charge >= 0.3 is 0 Å². The van der Waals surface area contributed by atoms with Gasteiger partial charge in [0.2, 0.25) is 0 Å². The van der Waals surface area contributed by atoms with Gasteiger partial charge in [-0.2, -0.15) is 11.8 Å². The zero-order chi connectivity index (χ0) is 28.9. The van der Waals surface area contributed by atoms with Crippen LogP contribution in [0.2, 0.25) is 5.02 Å². The maximum atomic E-state index is 10.8. The Bertz CT molecular complexity index is 1530. The van der Waals surface area contributed by atoms with E-state index in [2.05, 4.69) is 66.7 Å². The first-order chi connectivity index (χ1) is 19.7. The van der Waals surface area contributed by atoms with Crippen LogP contribution in [0.4, 0.5) is 0 Å². The Morgan fingerprint density at radius 2 is 1.71 bits per heavy atom. The first kappa shape index (κ1) is 29.4. The number of hydrogen-bond donors (Lipinski definition) is 1. The molecule has 1 saturated carbocycles. The Morgan fingerprint density at radius 1 is 0.951 bits per heavy atom. The molecule has 3 nitrogen and oxygen atoms in total. The number of hydrogen-bond acceptors (Lipinski definition) is 4. The van der Waals surface area contributed by atoms with Gasteiger partial charge in [0.1, 0.15) is 0 Å². The molecule has 212 valence electrons. The van der Waals surface area contributed by atoms with Crippen LogP contribution in [0.5, 0.6) is 0 Å². The fourth-order valence-electron chi connectivity index (χ4n) is 5.36. The largest absolute Gasteiger partial charge is 0.467 e. The van der Waals surface area contributed by atoms with E-state index in [-0.39, 0.29) is 10.7 Å². The Morgan fingerprint density at radius 3 is 2.46 bits per heavy atom. The molecule has 5 heteroatoms. The molecule has 1 N–H and O–H groups in total. The maximum Gasteiger partial charge on any atom is 0.293 e. The predicted molar refractivity (Wildman–Crippen MR) is 173 cm³/mol. The number of halogens is 1. The highest BCUT2D eigenvalue weighted by atomic mass is 35.5. The second-order valence-electron chi connectivity index (χ2n) is 11.7. The molecule has 1 fully saturated rings. The lowest BCUT2D eigenvalue weighted by atomic mass is 9.90. The number of thioether (sulfide) groups is 1. The van der Waals surface area contributed by atoms with Gasteiger partial charge in [-0.15, -0.1) is 0 Å². The number of carbonyl (C=O) groups is 1. The third kappa shape index (κ3) is 7.82. The molecule has 0 heterocycles. The van der Waals surface area contributed by atoms with Crippen molar-refractivity contribution in [2.45, 2.75) is 50.4 Å². The molecule has 0 bridgehead atoms. The van der Waals surface area contributed by atoms with Gasteiger partial charge in [-0.25, -0.2) is 0 Å². The molecular weight excluding hydrogens is 548 g/mol. The first-order valence-corrected chi connectivity index (χ1v) is 15.6. The summed E-state index contributed by atoms with van der Waals surface area (Å²) in [5.41, 5.74) is 4.95. The summed E-state index contributed by atoms with van der Waals surface area (Å²) in [7, 11) is 0. The van der Waals surface area contributed by atoms with E-state index in [0.29, 0.717) is 13.1 Å². The second kappa shape index (κ2) is 12.9. The zero-order valence-corrected chi connectivity index (χ0v) is 25.3. The lowest BCUT2D eigenvalue weighted by molar-refractivity contribution is -0.130. The van der Waals surface area contributed by atoms with Crippen molar-refractivity contribution >= 4 is 52.8 Å². The molecule has 0 unspecified atom stereocenters. The first-order valence-electron chi connectivity index (χ1n) is 14.2. The van der Waals surface area contributed by atoms with E-state index in [9.17, 15) is 9.90 Å². The molecule has 0 aliphatic heterocycles. The summed E-state index contributed by atoms with van der Waals surface area (Å²) in [5, 5.41) is 14.1. The van der Waals surface area contributed by atoms with Crippen LogP contribution < -0.4 is 0 Å². The summed E-state index contributed by atoms with van der Waals surface area (Å²) in [6, 6.07) is 29.4. The van der Waals surface area contributed by atoms with Crippen molar-refractivity contribution in [3.05, 3.63) is 118 Å². The lowest BCUT2D eigenvalue weighted by Crippen LogP contribution is -2.18. The third-order valence-corrected chi connectivity index (χ3v) is 9.86. The second-order valence-corrected chi connectivity index (χ2v) is 13.3. The van der Waals surface area contributed by atoms with Crippen LogP contribution in [0.25, 0.3) is 22.9 Å². The molecule has 4 aromatic carbocycles. The fourth-order valence-corrected chi connectivity index (χ4v) is 7.09. The van der Waals surface area contributed by atoms with Crippen LogP contribution in [0.3, 0.4) is 0 Å². The molecule has 1 aliphatic rings. The van der Waals surface area contributed by atoms with Crippen LogP contribution in [-0.4, -0.2) is 23.9 Å². The maximum absolute atomic E-state index is 10.8. The van der Waals surface area contributed by atoms with Crippen molar-refractivity contribution < 1.29 is 14.6 Å². The van der Waals surface area contributed by atoms with Gasteiger partial charge in [0.15, 0.2) is 0 Å². The average Bonchev–Trinajstić information content (AvgIpc) is 3.74. The summed E-state index contributed by atoms with van der Waals surface area (Å²) in [6.45, 7) is 4.76. The van der Waals surface area contributed by atoms with E-state index < -0.39 is 5.60 Å². The Kier molecular flexibility index (Phi) is 9.23. The highest BCUT2D eigenvalue weighted by molar-refractivity contribution is 7.99. The van der Waals surface area contributed by atoms with Gasteiger partial charge in [0.25, 0.3) is 6.47 Å². The Balaban J connectivity index is 1.36. The van der Waals surface area contributed by atoms with Crippen LogP contribution in [-0.2, 0) is 21.6 Å². The van der Waals surface area contributed by atoms with Crippen LogP contribution in [0.15, 0.2) is 84.9 Å². The molecule has 0 amide bonds. The average molecular weight is 585 g/mol. The Labute approximate surface area is 252 Å². The van der Waals surface area contributed by atoms with Crippen molar-refractivity contribution in [1.29, 1.82) is 0 Å². The quantitative estimate of drug-likeness (QED) is 0.126. The minimum atomic E-state index is -0.887. The van der Waals surface area contributed by atoms with Crippen molar-refractivity contribution in [2.75, 3.05) is 12.4 Å². The lowest BCUT2D eigenvalue weighted by Gasteiger charge is -2.24.